The van der Waals surface area contributed by atoms with Crippen LogP contribution in [0.25, 0.3) is 32.7 Å². The average molecular weight is 873 g/mol. The van der Waals surface area contributed by atoms with Crippen LogP contribution in [-0.2, 0) is 51.7 Å². The van der Waals surface area contributed by atoms with Gasteiger partial charge in [-0.25, -0.2) is 9.97 Å². The van der Waals surface area contributed by atoms with Crippen molar-refractivity contribution in [2.45, 2.75) is 65.3 Å². The Morgan fingerprint density at radius 2 is 1.25 bits per heavy atom. The van der Waals surface area contributed by atoms with E-state index in [1.54, 1.807) is 18.6 Å². The van der Waals surface area contributed by atoms with Crippen molar-refractivity contribution < 1.29 is 19.1 Å². The Hall–Kier alpha value is -6.63. The topological polar surface area (TPSA) is 134 Å². The summed E-state index contributed by atoms with van der Waals surface area (Å²) < 4.78 is 13.6. The molecule has 12 heteroatoms. The Morgan fingerprint density at radius 3 is 1.75 bits per heavy atom. The van der Waals surface area contributed by atoms with Crippen LogP contribution in [0, 0.1) is 19.8 Å². The van der Waals surface area contributed by atoms with Crippen LogP contribution in [0.3, 0.4) is 0 Å². The molecule has 0 spiro atoms. The number of carbonyl (C=O) groups excluding carboxylic acids is 3. The molecule has 0 saturated carbocycles. The fraction of sp³-hybridized carbons (Fsp3) is 0.340. The first-order valence-electron chi connectivity index (χ1n) is 22.8. The summed E-state index contributed by atoms with van der Waals surface area (Å²) in [5.41, 5.74) is 10.5. The predicted molar refractivity (Wildman–Crippen MR) is 258 cm³/mol. The highest BCUT2D eigenvalue weighted by molar-refractivity contribution is 6.18. The molecule has 12 nitrogen and oxygen atoms in total. The first-order chi connectivity index (χ1) is 31.5. The number of hydrogen-bond acceptors (Lipinski definition) is 7. The second-order valence-corrected chi connectivity index (χ2v) is 17.2. The third kappa shape index (κ3) is 9.32. The Balaban J connectivity index is 0.000000119. The normalized spacial score (nSPS) is 16.5. The molecule has 1 aliphatic heterocycles. The smallest absolute Gasteiger partial charge is 0.190 e. The number of hydrogen-bond donors (Lipinski definition) is 2. The summed E-state index contributed by atoms with van der Waals surface area (Å²) in [6.45, 7) is 12.3. The molecule has 0 radical (unpaired) electrons. The number of morpholine rings is 1. The second kappa shape index (κ2) is 20.0. The van der Waals surface area contributed by atoms with Gasteiger partial charge in [0.1, 0.15) is 11.6 Å². The Bertz CT molecular complexity index is 2980. The highest BCUT2D eigenvalue weighted by Gasteiger charge is 2.32. The number of para-hydroxylation sites is 3. The molecule has 5 aromatic heterocycles. The van der Waals surface area contributed by atoms with Crippen molar-refractivity contribution in [1.82, 2.24) is 38.5 Å². The van der Waals surface area contributed by atoms with E-state index in [2.05, 4.69) is 89.5 Å². The van der Waals surface area contributed by atoms with Crippen LogP contribution in [0.15, 0.2) is 110 Å². The van der Waals surface area contributed by atoms with Crippen molar-refractivity contribution in [3.63, 3.8) is 0 Å². The van der Waals surface area contributed by atoms with Crippen molar-refractivity contribution in [2.75, 3.05) is 26.3 Å². The van der Waals surface area contributed by atoms with E-state index >= 15 is 0 Å². The molecule has 1 fully saturated rings. The number of Topliss-reactive ketones (excluding diaryl/α,β-unsaturated/α-hetero) is 3. The molecule has 336 valence electrons. The summed E-state index contributed by atoms with van der Waals surface area (Å²) in [5.74, 6) is 2.70. The maximum atomic E-state index is 13.0. The zero-order valence-electron chi connectivity index (χ0n) is 38.3. The Kier molecular flexibility index (Phi) is 13.9. The van der Waals surface area contributed by atoms with Gasteiger partial charge in [-0.05, 0) is 76.1 Å². The molecule has 3 aliphatic carbocycles. The van der Waals surface area contributed by atoms with Gasteiger partial charge in [-0.15, -0.1) is 0 Å². The number of H-pyrrole nitrogens is 1. The number of aromatic nitrogens is 7. The number of fused-ring (bicyclic) bond motifs is 9. The molecule has 0 amide bonds. The van der Waals surface area contributed by atoms with Gasteiger partial charge in [0, 0.05) is 139 Å². The van der Waals surface area contributed by atoms with Crippen molar-refractivity contribution >= 4 is 50.1 Å². The molecule has 65 heavy (non-hydrogen) atoms. The van der Waals surface area contributed by atoms with Gasteiger partial charge in [0.2, 0.25) is 0 Å². The monoisotopic (exact) mass is 872 g/mol. The summed E-state index contributed by atoms with van der Waals surface area (Å²) in [4.78, 5) is 48.1. The summed E-state index contributed by atoms with van der Waals surface area (Å²) in [6.07, 6.45) is 13.6. The van der Waals surface area contributed by atoms with Crippen LogP contribution in [0.5, 0.6) is 0 Å². The van der Waals surface area contributed by atoms with Crippen LogP contribution in [0.1, 0.15) is 85.5 Å². The van der Waals surface area contributed by atoms with Gasteiger partial charge in [-0.1, -0.05) is 61.2 Å². The van der Waals surface area contributed by atoms with Crippen LogP contribution in [0.4, 0.5) is 0 Å². The minimum Gasteiger partial charge on any atom is -0.379 e. The molecule has 12 rings (SSSR count). The lowest BCUT2D eigenvalue weighted by atomic mass is 9.85. The molecule has 2 N–H and O–H groups in total. The lowest BCUT2D eigenvalue weighted by molar-refractivity contribution is 0.0887. The first kappa shape index (κ1) is 45.0. The van der Waals surface area contributed by atoms with Crippen molar-refractivity contribution in [1.29, 1.82) is 0 Å². The van der Waals surface area contributed by atoms with Crippen molar-refractivity contribution in [2.24, 2.45) is 27.1 Å². The number of ether oxygens (including phenoxy) is 1. The number of aromatic amines is 1. The Morgan fingerprint density at radius 1 is 0.677 bits per heavy atom. The van der Waals surface area contributed by atoms with E-state index in [9.17, 15) is 14.4 Å². The molecule has 8 aromatic rings. The van der Waals surface area contributed by atoms with E-state index in [1.165, 1.54) is 16.9 Å². The molecule has 1 unspecified atom stereocenters. The third-order valence-electron chi connectivity index (χ3n) is 13.2. The van der Waals surface area contributed by atoms with Crippen LogP contribution in [-0.4, -0.2) is 76.9 Å². The first-order valence-corrected chi connectivity index (χ1v) is 22.8. The van der Waals surface area contributed by atoms with Gasteiger partial charge < -0.3 is 33.3 Å². The van der Waals surface area contributed by atoms with Crippen molar-refractivity contribution in [3.05, 3.63) is 155 Å². The summed E-state index contributed by atoms with van der Waals surface area (Å²) in [7, 11) is 6.15. The van der Waals surface area contributed by atoms with E-state index in [-0.39, 0.29) is 17.5 Å². The minimum atomic E-state index is 0.0474. The lowest BCUT2D eigenvalue weighted by Crippen LogP contribution is -2.30. The number of aryl methyl sites for hydroxylation is 5. The number of ketones is 3. The van der Waals surface area contributed by atoms with E-state index in [0.717, 1.165) is 138 Å². The highest BCUT2D eigenvalue weighted by Crippen LogP contribution is 2.35. The van der Waals surface area contributed by atoms with Gasteiger partial charge in [0.05, 0.1) is 18.8 Å². The van der Waals surface area contributed by atoms with Crippen LogP contribution < -0.4 is 5.32 Å². The van der Waals surface area contributed by atoms with Crippen LogP contribution in [0.2, 0.25) is 0 Å². The Labute approximate surface area is 380 Å². The summed E-state index contributed by atoms with van der Waals surface area (Å²) >= 11 is 0. The largest absolute Gasteiger partial charge is 0.379 e. The zero-order chi connectivity index (χ0) is 45.6. The van der Waals surface area contributed by atoms with E-state index in [4.69, 9.17) is 4.74 Å². The summed E-state index contributed by atoms with van der Waals surface area (Å²) in [6, 6.07) is 24.4. The van der Waals surface area contributed by atoms with Gasteiger partial charge >= 0.3 is 0 Å². The van der Waals surface area contributed by atoms with Crippen LogP contribution >= 0.6 is 0 Å². The minimum absolute atomic E-state index is 0.0474. The molecular formula is C53H60N8O4. The third-order valence-corrected chi connectivity index (χ3v) is 13.2. The molecule has 1 atom stereocenters. The quantitative estimate of drug-likeness (QED) is 0.166. The SMILES string of the molecule is C1COCCN1.C=C1CCc2c(c3ccccc3n2C)C1=O.Cc1ncc[nH]1.Cc1nccn1CC1CCc2c(c3ccccc3n2C)C1=O.Cn1c2c(c3ccccc31)C(=O)CCC2. The van der Waals surface area contributed by atoms with Gasteiger partial charge in [0.15, 0.2) is 17.3 Å². The van der Waals surface area contributed by atoms with Crippen molar-refractivity contribution in [3.8, 4) is 0 Å². The average Bonchev–Trinajstić information content (AvgIpc) is 4.17. The van der Waals surface area contributed by atoms with Gasteiger partial charge in [0.25, 0.3) is 0 Å². The lowest BCUT2D eigenvalue weighted by Gasteiger charge is -2.23. The number of carbonyl (C=O) groups is 3. The fourth-order valence-corrected chi connectivity index (χ4v) is 9.67. The molecule has 6 heterocycles. The number of nitrogens with zero attached hydrogens (tertiary/aromatic N) is 6. The molecular weight excluding hydrogens is 813 g/mol. The van der Waals surface area contributed by atoms with E-state index in [1.807, 2.05) is 69.6 Å². The molecule has 3 aromatic carbocycles. The number of allylic oxidation sites excluding steroid dienone is 1. The number of benzene rings is 3. The molecule has 4 aliphatic rings. The molecule has 0 bridgehead atoms. The maximum Gasteiger partial charge on any atom is 0.190 e. The fourth-order valence-electron chi connectivity index (χ4n) is 9.67. The standard InChI is InChI=1S/C18H19N3O.C14H13NO.C13H13NO.C4H6N2.C4H9NO/c1-12-19-9-10-21(12)11-13-7-8-16-17(18(13)22)14-5-3-4-6-15(14)20(16)2;1-9-7-8-12-13(14(9)16)10-5-3-4-6-11(10)15(12)2;1-14-10-6-3-2-5-9(10)13-11(14)7-4-8-12(13)15;1-4-5-2-3-6-4;1-3-6-4-2-5-1/h3-6,9-10,13H,7-8,11H2,1-2H3;3-6H,1,7-8H2,2H3;2-3,5-6H,4,7-8H2,1H3;2-3H,1H3,(H,5,6);5H,1-4H2. The van der Waals surface area contributed by atoms with Gasteiger partial charge in [-0.2, -0.15) is 0 Å². The molecule has 1 saturated heterocycles. The predicted octanol–water partition coefficient (Wildman–Crippen LogP) is 9.01. The van der Waals surface area contributed by atoms with Gasteiger partial charge in [-0.3, -0.25) is 14.4 Å². The number of rotatable bonds is 2. The van der Waals surface area contributed by atoms with E-state index < -0.39 is 0 Å². The van der Waals surface area contributed by atoms with E-state index in [0.29, 0.717) is 12.2 Å². The maximum absolute atomic E-state index is 13.0. The summed E-state index contributed by atoms with van der Waals surface area (Å²) in [5, 5.41) is 6.44. The number of nitrogens with one attached hydrogen (secondary N) is 2. The second-order valence-electron chi connectivity index (χ2n) is 17.2. The highest BCUT2D eigenvalue weighted by atomic mass is 16.5. The number of imidazole rings is 2. The zero-order valence-corrected chi connectivity index (χ0v) is 38.3.